The Kier molecular flexibility index (Phi) is 15.1. The number of benzene rings is 4. The number of ether oxygens (including phenoxy) is 3. The van der Waals surface area contributed by atoms with E-state index in [1.54, 1.807) is 71.6 Å². The number of unbranched alkanes of at least 4 members (excludes halogenated alkanes) is 2. The van der Waals surface area contributed by atoms with Crippen LogP contribution in [0.1, 0.15) is 90.4 Å². The van der Waals surface area contributed by atoms with Crippen LogP contribution in [0.15, 0.2) is 120 Å². The molecule has 0 spiro atoms. The van der Waals surface area contributed by atoms with Crippen molar-refractivity contribution in [2.24, 2.45) is 22.9 Å². The van der Waals surface area contributed by atoms with Crippen LogP contribution in [-0.4, -0.2) is 65.0 Å². The fraction of sp³-hybridized carbons (Fsp3) is 0.392. The van der Waals surface area contributed by atoms with Crippen LogP contribution in [0.4, 0.5) is 8.78 Å². The SMILES string of the molecule is C=CCOC12Oc3ccc(OCc4ccccc4F)cc3C3C(CCCCO)C(CCCCO)C=C(C(=NOCC)CC1N(Cc1ccc(F)cc1)C(=O)c1ccc(C#N)cc1)C32. The van der Waals surface area contributed by atoms with Crippen LogP contribution in [0.3, 0.4) is 0 Å². The second-order valence-electron chi connectivity index (χ2n) is 16.3. The van der Waals surface area contributed by atoms with Gasteiger partial charge in [0.1, 0.15) is 42.4 Å². The van der Waals surface area contributed by atoms with Gasteiger partial charge in [-0.15, -0.1) is 6.58 Å². The molecular formula is C51H55F2N3O7. The van der Waals surface area contributed by atoms with Crippen LogP contribution < -0.4 is 9.47 Å². The molecule has 1 saturated carbocycles. The molecule has 0 bridgehead atoms. The van der Waals surface area contributed by atoms with Crippen LogP contribution in [0.5, 0.6) is 11.5 Å². The molecule has 10 nitrogen and oxygen atoms in total. The number of aliphatic hydroxyl groups excluding tert-OH is 2. The van der Waals surface area contributed by atoms with E-state index in [-0.39, 0.29) is 68.9 Å². The Morgan fingerprint density at radius 2 is 1.75 bits per heavy atom. The highest BCUT2D eigenvalue weighted by Crippen LogP contribution is 2.62. The number of halogens is 2. The fourth-order valence-corrected chi connectivity index (χ4v) is 9.62. The largest absolute Gasteiger partial charge is 0.489 e. The van der Waals surface area contributed by atoms with E-state index >= 15 is 4.79 Å². The number of oxime groups is 1. The topological polar surface area (TPSA) is 134 Å². The molecule has 4 aromatic carbocycles. The van der Waals surface area contributed by atoms with E-state index < -0.39 is 23.6 Å². The van der Waals surface area contributed by atoms with E-state index in [1.165, 1.54) is 18.2 Å². The molecule has 6 atom stereocenters. The van der Waals surface area contributed by atoms with Gasteiger partial charge in [-0.3, -0.25) is 4.79 Å². The minimum absolute atomic E-state index is 0.00466. The summed E-state index contributed by atoms with van der Waals surface area (Å²) in [6.45, 7) is 6.38. The van der Waals surface area contributed by atoms with Crippen LogP contribution in [0.25, 0.3) is 0 Å². The van der Waals surface area contributed by atoms with Crippen LogP contribution >= 0.6 is 0 Å². The molecular weight excluding hydrogens is 805 g/mol. The molecule has 1 amide bonds. The van der Waals surface area contributed by atoms with Crippen LogP contribution in [0.2, 0.25) is 0 Å². The highest BCUT2D eigenvalue weighted by Gasteiger charge is 2.65. The molecule has 6 unspecified atom stereocenters. The van der Waals surface area contributed by atoms with Crippen molar-refractivity contribution in [1.82, 2.24) is 4.90 Å². The van der Waals surface area contributed by atoms with Crippen molar-refractivity contribution < 1.29 is 42.8 Å². The van der Waals surface area contributed by atoms with Gasteiger partial charge in [-0.25, -0.2) is 8.78 Å². The van der Waals surface area contributed by atoms with Crippen molar-refractivity contribution in [3.05, 3.63) is 155 Å². The third-order valence-electron chi connectivity index (χ3n) is 12.5. The Hall–Kier alpha value is -5.87. The Morgan fingerprint density at radius 1 is 1.00 bits per heavy atom. The maximum absolute atomic E-state index is 15.2. The standard InChI is InChI=1S/C51H55F2N3O7/c1-3-27-61-51-47(56(32-35-17-21-39(52)22-18-35)50(59)36-19-15-34(31-54)16-20-36)30-45(55-62-4-2)42-28-37(11-7-9-25-57)41(13-8-10-26-58)48(49(42)51)43-29-40(23-24-46(43)63-51)60-33-38-12-5-6-14-44(38)53/h3,5-6,12,14-24,28-29,37,41,47-49,57-58H,1,4,7-11,13,25-27,30,32-33H2,2H3. The Bertz CT molecular complexity index is 2310. The maximum Gasteiger partial charge on any atom is 0.254 e. The van der Waals surface area contributed by atoms with Crippen molar-refractivity contribution in [3.63, 3.8) is 0 Å². The molecule has 1 heterocycles. The minimum Gasteiger partial charge on any atom is -0.489 e. The van der Waals surface area contributed by atoms with Gasteiger partial charge in [-0.2, -0.15) is 5.26 Å². The summed E-state index contributed by atoms with van der Waals surface area (Å²) in [5, 5.41) is 34.2. The predicted molar refractivity (Wildman–Crippen MR) is 235 cm³/mol. The van der Waals surface area contributed by atoms with Crippen molar-refractivity contribution in [1.29, 1.82) is 5.26 Å². The quantitative estimate of drug-likeness (QED) is 0.0511. The van der Waals surface area contributed by atoms with Gasteiger partial charge in [-0.1, -0.05) is 60.5 Å². The van der Waals surface area contributed by atoms with Gasteiger partial charge < -0.3 is 34.2 Å². The zero-order valence-electron chi connectivity index (χ0n) is 35.6. The molecule has 7 rings (SSSR count). The number of aliphatic hydroxyl groups is 2. The number of hydrogen-bond acceptors (Lipinski definition) is 9. The predicted octanol–water partition coefficient (Wildman–Crippen LogP) is 9.41. The average Bonchev–Trinajstić information content (AvgIpc) is 3.30. The number of allylic oxidation sites excluding steroid dienone is 1. The Morgan fingerprint density at radius 3 is 2.44 bits per heavy atom. The molecule has 12 heteroatoms. The van der Waals surface area contributed by atoms with E-state index in [2.05, 4.69) is 18.7 Å². The summed E-state index contributed by atoms with van der Waals surface area (Å²) in [7, 11) is 0. The smallest absolute Gasteiger partial charge is 0.254 e. The van der Waals surface area contributed by atoms with Gasteiger partial charge in [0.15, 0.2) is 0 Å². The van der Waals surface area contributed by atoms with Gasteiger partial charge in [0.25, 0.3) is 5.91 Å². The van der Waals surface area contributed by atoms with Gasteiger partial charge in [0.05, 0.1) is 29.9 Å². The third-order valence-corrected chi connectivity index (χ3v) is 12.5. The van der Waals surface area contributed by atoms with Crippen LogP contribution in [0, 0.1) is 40.7 Å². The van der Waals surface area contributed by atoms with E-state index in [4.69, 9.17) is 24.2 Å². The lowest BCUT2D eigenvalue weighted by atomic mass is 9.55. The van der Waals surface area contributed by atoms with Gasteiger partial charge >= 0.3 is 0 Å². The average molecular weight is 860 g/mol. The van der Waals surface area contributed by atoms with E-state index in [9.17, 15) is 24.3 Å². The summed E-state index contributed by atoms with van der Waals surface area (Å²) in [4.78, 5) is 22.7. The zero-order chi connectivity index (χ0) is 44.3. The molecule has 2 N–H and O–H groups in total. The first-order chi connectivity index (χ1) is 30.7. The molecule has 63 heavy (non-hydrogen) atoms. The van der Waals surface area contributed by atoms with Crippen molar-refractivity contribution >= 4 is 11.6 Å². The van der Waals surface area contributed by atoms with Gasteiger partial charge in [0, 0.05) is 48.8 Å². The Balaban J connectivity index is 1.45. The lowest BCUT2D eigenvalue weighted by Crippen LogP contribution is -2.70. The number of rotatable bonds is 20. The molecule has 330 valence electrons. The van der Waals surface area contributed by atoms with Crippen molar-refractivity contribution in [2.45, 2.75) is 82.8 Å². The molecule has 1 aliphatic heterocycles. The molecule has 1 fully saturated rings. The lowest BCUT2D eigenvalue weighted by molar-refractivity contribution is -0.255. The Labute approximate surface area is 368 Å². The van der Waals surface area contributed by atoms with E-state index in [0.717, 1.165) is 36.8 Å². The summed E-state index contributed by atoms with van der Waals surface area (Å²) < 4.78 is 49.8. The normalized spacial score (nSPS) is 22.8. The third kappa shape index (κ3) is 9.86. The first-order valence-electron chi connectivity index (χ1n) is 21.9. The van der Waals surface area contributed by atoms with Crippen LogP contribution in [-0.2, 0) is 22.7 Å². The number of carbonyl (C=O) groups excluding carboxylic acids is 1. The first-order valence-corrected chi connectivity index (χ1v) is 21.9. The molecule has 0 saturated heterocycles. The minimum atomic E-state index is -1.55. The number of nitriles is 1. The number of hydrogen-bond donors (Lipinski definition) is 2. The zero-order valence-corrected chi connectivity index (χ0v) is 35.6. The second-order valence-corrected chi connectivity index (χ2v) is 16.3. The summed E-state index contributed by atoms with van der Waals surface area (Å²) in [5.74, 6) is -2.56. The second kappa shape index (κ2) is 21.0. The molecule has 4 aromatic rings. The summed E-state index contributed by atoms with van der Waals surface area (Å²) >= 11 is 0. The lowest BCUT2D eigenvalue weighted by Gasteiger charge is -2.60. The summed E-state index contributed by atoms with van der Waals surface area (Å²) in [5.41, 5.74) is 4.17. The van der Waals surface area contributed by atoms with E-state index in [1.807, 2.05) is 19.1 Å². The number of fused-ring (bicyclic) bond motifs is 2. The van der Waals surface area contributed by atoms with E-state index in [0.29, 0.717) is 58.9 Å². The van der Waals surface area contributed by atoms with Crippen molar-refractivity contribution in [3.8, 4) is 17.6 Å². The van der Waals surface area contributed by atoms with Gasteiger partial charge in [-0.05, 0) is 116 Å². The number of nitrogens with zero attached hydrogens (tertiary/aromatic N) is 3. The van der Waals surface area contributed by atoms with Crippen molar-refractivity contribution in [2.75, 3.05) is 26.4 Å². The molecule has 3 aliphatic rings. The first kappa shape index (κ1) is 45.2. The summed E-state index contributed by atoms with van der Waals surface area (Å²) in [6.07, 6.45) is 8.33. The maximum atomic E-state index is 15.2. The highest BCUT2D eigenvalue weighted by atomic mass is 19.1. The number of amides is 1. The molecule has 2 aliphatic carbocycles. The van der Waals surface area contributed by atoms with Gasteiger partial charge in [0.2, 0.25) is 5.79 Å². The molecule has 0 radical (unpaired) electrons. The summed E-state index contributed by atoms with van der Waals surface area (Å²) in [6, 6.07) is 25.8. The highest BCUT2D eigenvalue weighted by molar-refractivity contribution is 6.03. The monoisotopic (exact) mass is 859 g/mol. The number of carbonyl (C=O) groups is 1. The fourth-order valence-electron chi connectivity index (χ4n) is 9.62. The molecule has 0 aromatic heterocycles.